The maximum atomic E-state index is 12.0. The molecule has 1 heterocycles. The number of amides is 1. The Hall–Kier alpha value is -2.30. The van der Waals surface area contributed by atoms with Crippen LogP contribution in [0.2, 0.25) is 0 Å². The van der Waals surface area contributed by atoms with Gasteiger partial charge in [0.15, 0.2) is 0 Å². The zero-order chi connectivity index (χ0) is 15.4. The van der Waals surface area contributed by atoms with Gasteiger partial charge in [0.25, 0.3) is 5.91 Å². The number of carboxylic acids is 1. The van der Waals surface area contributed by atoms with Crippen molar-refractivity contribution in [1.29, 1.82) is 0 Å². The third-order valence-electron chi connectivity index (χ3n) is 3.82. The summed E-state index contributed by atoms with van der Waals surface area (Å²) in [6.45, 7) is 5.09. The van der Waals surface area contributed by atoms with E-state index in [1.54, 1.807) is 0 Å². The monoisotopic (exact) mass is 288 g/mol. The normalized spacial score (nSPS) is 15.6. The summed E-state index contributed by atoms with van der Waals surface area (Å²) in [5.74, 6) is -1.46. The molecular formula is C16H20N2O3. The molecule has 1 fully saturated rings. The molecule has 1 saturated heterocycles. The van der Waals surface area contributed by atoms with Gasteiger partial charge < -0.3 is 15.3 Å². The van der Waals surface area contributed by atoms with Crippen LogP contribution in [0.25, 0.3) is 0 Å². The van der Waals surface area contributed by atoms with E-state index in [1.807, 2.05) is 24.3 Å². The Labute approximate surface area is 124 Å². The molecule has 2 rings (SSSR count). The molecule has 1 aromatic carbocycles. The highest BCUT2D eigenvalue weighted by Gasteiger charge is 2.14. The number of hydrogen-bond acceptors (Lipinski definition) is 3. The highest BCUT2D eigenvalue weighted by Crippen LogP contribution is 2.22. The lowest BCUT2D eigenvalue weighted by Gasteiger charge is -2.17. The van der Waals surface area contributed by atoms with Crippen molar-refractivity contribution in [3.63, 3.8) is 0 Å². The van der Waals surface area contributed by atoms with Crippen LogP contribution in [0.1, 0.15) is 26.7 Å². The van der Waals surface area contributed by atoms with Crippen LogP contribution in [0.3, 0.4) is 0 Å². The first-order chi connectivity index (χ1) is 9.99. The van der Waals surface area contributed by atoms with E-state index in [-0.39, 0.29) is 17.1 Å². The molecule has 5 heteroatoms. The van der Waals surface area contributed by atoms with E-state index < -0.39 is 5.97 Å². The van der Waals surface area contributed by atoms with Crippen LogP contribution >= 0.6 is 0 Å². The first kappa shape index (κ1) is 15.1. The maximum Gasteiger partial charge on any atom is 0.331 e. The number of nitrogens with one attached hydrogen (secondary N) is 1. The van der Waals surface area contributed by atoms with Gasteiger partial charge >= 0.3 is 5.97 Å². The highest BCUT2D eigenvalue weighted by atomic mass is 16.4. The Balaban J connectivity index is 2.05. The molecule has 1 aliphatic rings. The number of carboxylic acid groups (broad SMARTS) is 1. The minimum Gasteiger partial charge on any atom is -0.478 e. The summed E-state index contributed by atoms with van der Waals surface area (Å²) in [5.41, 5.74) is 2.09. The van der Waals surface area contributed by atoms with Crippen molar-refractivity contribution in [2.75, 3.05) is 23.3 Å². The predicted molar refractivity (Wildman–Crippen MR) is 82.5 cm³/mol. The van der Waals surface area contributed by atoms with E-state index in [0.29, 0.717) is 5.69 Å². The van der Waals surface area contributed by atoms with E-state index in [2.05, 4.69) is 10.2 Å². The third kappa shape index (κ3) is 3.62. The summed E-state index contributed by atoms with van der Waals surface area (Å²) in [4.78, 5) is 25.1. The smallest absolute Gasteiger partial charge is 0.331 e. The molecular weight excluding hydrogens is 268 g/mol. The summed E-state index contributed by atoms with van der Waals surface area (Å²) >= 11 is 0. The lowest BCUT2D eigenvalue weighted by molar-refractivity contribution is -0.133. The van der Waals surface area contributed by atoms with E-state index in [9.17, 15) is 9.59 Å². The molecule has 21 heavy (non-hydrogen) atoms. The van der Waals surface area contributed by atoms with Crippen molar-refractivity contribution >= 4 is 23.3 Å². The summed E-state index contributed by atoms with van der Waals surface area (Å²) in [7, 11) is 0. The van der Waals surface area contributed by atoms with Gasteiger partial charge in [-0.1, -0.05) is 0 Å². The minimum atomic E-state index is -1.08. The molecule has 1 aromatic rings. The lowest BCUT2D eigenvalue weighted by Crippen LogP contribution is -2.18. The number of anilines is 2. The van der Waals surface area contributed by atoms with Crippen LogP contribution in [0, 0.1) is 0 Å². The fourth-order valence-electron chi connectivity index (χ4n) is 2.29. The van der Waals surface area contributed by atoms with Crippen LogP contribution in [-0.4, -0.2) is 30.1 Å². The van der Waals surface area contributed by atoms with Crippen LogP contribution in [-0.2, 0) is 9.59 Å². The number of hydrogen-bond donors (Lipinski definition) is 2. The molecule has 0 saturated carbocycles. The Morgan fingerprint density at radius 2 is 1.62 bits per heavy atom. The molecule has 0 unspecified atom stereocenters. The second-order valence-corrected chi connectivity index (χ2v) is 5.25. The second kappa shape index (κ2) is 6.43. The lowest BCUT2D eigenvalue weighted by atomic mass is 10.1. The number of carbonyl (C=O) groups excluding carboxylic acids is 1. The van der Waals surface area contributed by atoms with Crippen molar-refractivity contribution in [2.24, 2.45) is 0 Å². The quantitative estimate of drug-likeness (QED) is 0.836. The van der Waals surface area contributed by atoms with Crippen LogP contribution in [0.4, 0.5) is 11.4 Å². The van der Waals surface area contributed by atoms with E-state index in [4.69, 9.17) is 5.11 Å². The SMILES string of the molecule is C/C(C(=O)O)=C(\C)C(=O)Nc1ccc(N2CCCC2)cc1. The Kier molecular flexibility index (Phi) is 4.62. The van der Waals surface area contributed by atoms with Crippen molar-refractivity contribution in [3.05, 3.63) is 35.4 Å². The topological polar surface area (TPSA) is 69.6 Å². The number of aliphatic carboxylic acids is 1. The Morgan fingerprint density at radius 1 is 1.05 bits per heavy atom. The average molecular weight is 288 g/mol. The number of rotatable bonds is 4. The molecule has 0 aliphatic carbocycles. The summed E-state index contributed by atoms with van der Waals surface area (Å²) in [6, 6.07) is 7.64. The minimum absolute atomic E-state index is 0.0567. The van der Waals surface area contributed by atoms with Gasteiger partial charge in [0.2, 0.25) is 0 Å². The zero-order valence-corrected chi connectivity index (χ0v) is 12.3. The van der Waals surface area contributed by atoms with Gasteiger partial charge in [0, 0.05) is 35.6 Å². The zero-order valence-electron chi connectivity index (χ0n) is 12.3. The van der Waals surface area contributed by atoms with Gasteiger partial charge in [0.05, 0.1) is 0 Å². The fourth-order valence-corrected chi connectivity index (χ4v) is 2.29. The molecule has 1 amide bonds. The van der Waals surface area contributed by atoms with Crippen LogP contribution in [0.15, 0.2) is 35.4 Å². The second-order valence-electron chi connectivity index (χ2n) is 5.25. The molecule has 2 N–H and O–H groups in total. The van der Waals surface area contributed by atoms with Crippen LogP contribution < -0.4 is 10.2 Å². The van der Waals surface area contributed by atoms with Gasteiger partial charge in [-0.05, 0) is 51.0 Å². The molecule has 0 aromatic heterocycles. The molecule has 0 bridgehead atoms. The first-order valence-corrected chi connectivity index (χ1v) is 7.06. The number of carbonyl (C=O) groups is 2. The van der Waals surface area contributed by atoms with Crippen molar-refractivity contribution in [3.8, 4) is 0 Å². The number of benzene rings is 1. The summed E-state index contributed by atoms with van der Waals surface area (Å²) < 4.78 is 0. The Morgan fingerprint density at radius 3 is 2.14 bits per heavy atom. The largest absolute Gasteiger partial charge is 0.478 e. The molecule has 0 radical (unpaired) electrons. The average Bonchev–Trinajstić information content (AvgIpc) is 3.00. The van der Waals surface area contributed by atoms with E-state index >= 15 is 0 Å². The van der Waals surface area contributed by atoms with Crippen LogP contribution in [0.5, 0.6) is 0 Å². The van der Waals surface area contributed by atoms with Crippen molar-refractivity contribution in [2.45, 2.75) is 26.7 Å². The summed E-state index contributed by atoms with van der Waals surface area (Å²) in [6.07, 6.45) is 2.44. The van der Waals surface area contributed by atoms with E-state index in [1.165, 1.54) is 26.7 Å². The Bertz CT molecular complexity index is 570. The fraction of sp³-hybridized carbons (Fsp3) is 0.375. The van der Waals surface area contributed by atoms with Gasteiger partial charge in [-0.25, -0.2) is 4.79 Å². The highest BCUT2D eigenvalue weighted by molar-refractivity contribution is 6.08. The van der Waals surface area contributed by atoms with Gasteiger partial charge in [-0.3, -0.25) is 4.79 Å². The summed E-state index contributed by atoms with van der Waals surface area (Å²) in [5, 5.41) is 11.6. The number of nitrogens with zero attached hydrogens (tertiary/aromatic N) is 1. The first-order valence-electron chi connectivity index (χ1n) is 7.06. The van der Waals surface area contributed by atoms with Crippen molar-refractivity contribution < 1.29 is 14.7 Å². The maximum absolute atomic E-state index is 12.0. The molecule has 5 nitrogen and oxygen atoms in total. The standard InChI is InChI=1S/C16H20N2O3/c1-11(12(2)16(20)21)15(19)17-13-5-7-14(8-6-13)18-9-3-4-10-18/h5-8H,3-4,9-10H2,1-2H3,(H,17,19)(H,20,21)/b12-11-. The molecule has 112 valence electrons. The van der Waals surface area contributed by atoms with Gasteiger partial charge in [-0.15, -0.1) is 0 Å². The molecule has 1 aliphatic heterocycles. The van der Waals surface area contributed by atoms with Gasteiger partial charge in [0.1, 0.15) is 0 Å². The molecule has 0 atom stereocenters. The van der Waals surface area contributed by atoms with Gasteiger partial charge in [-0.2, -0.15) is 0 Å². The van der Waals surface area contributed by atoms with E-state index in [0.717, 1.165) is 18.8 Å². The molecule has 0 spiro atoms. The van der Waals surface area contributed by atoms with Crippen molar-refractivity contribution in [1.82, 2.24) is 0 Å². The third-order valence-corrected chi connectivity index (χ3v) is 3.82. The predicted octanol–water partition coefficient (Wildman–Crippen LogP) is 2.65.